The van der Waals surface area contributed by atoms with Crippen LogP contribution < -0.4 is 5.73 Å². The van der Waals surface area contributed by atoms with E-state index < -0.39 is 23.2 Å². The van der Waals surface area contributed by atoms with Crippen LogP contribution in [0.5, 0.6) is 0 Å². The first-order valence-corrected chi connectivity index (χ1v) is 6.56. The van der Waals surface area contributed by atoms with Gasteiger partial charge in [0.15, 0.2) is 0 Å². The molecule has 0 atom stereocenters. The fourth-order valence-electron chi connectivity index (χ4n) is 1.89. The molecule has 1 aromatic heterocycles. The predicted octanol–water partition coefficient (Wildman–Crippen LogP) is 2.22. The van der Waals surface area contributed by atoms with E-state index in [0.29, 0.717) is 5.56 Å². The molecule has 1 saturated heterocycles. The molecule has 0 amide bonds. The smallest absolute Gasteiger partial charge is 0.400 e. The van der Waals surface area contributed by atoms with Crippen LogP contribution in [0.1, 0.15) is 33.3 Å². The van der Waals surface area contributed by atoms with Crippen LogP contribution >= 0.6 is 0 Å². The maximum absolute atomic E-state index is 10.6. The number of aromatic nitrogens is 1. The third-order valence-electron chi connectivity index (χ3n) is 3.81. The molecule has 0 aromatic carbocycles. The Kier molecular flexibility index (Phi) is 3.77. The van der Waals surface area contributed by atoms with Gasteiger partial charge in [-0.1, -0.05) is 12.1 Å². The van der Waals surface area contributed by atoms with Gasteiger partial charge in [-0.05, 0) is 43.7 Å². The van der Waals surface area contributed by atoms with Gasteiger partial charge >= 0.3 is 12.9 Å². The Bertz CT molecular complexity index is 585. The summed E-state index contributed by atoms with van der Waals surface area (Å²) in [6.07, 6.45) is 3.10. The lowest BCUT2D eigenvalue weighted by atomic mass is 9.89. The number of nitro groups is 1. The Morgan fingerprint density at radius 3 is 2.38 bits per heavy atom. The van der Waals surface area contributed by atoms with Crippen LogP contribution in [-0.4, -0.2) is 28.2 Å². The Morgan fingerprint density at radius 1 is 1.33 bits per heavy atom. The maximum Gasteiger partial charge on any atom is 0.487 e. The largest absolute Gasteiger partial charge is 0.487 e. The van der Waals surface area contributed by atoms with E-state index >= 15 is 0 Å². The van der Waals surface area contributed by atoms with Crippen molar-refractivity contribution in [3.63, 3.8) is 0 Å². The molecule has 2 N–H and O–H groups in total. The van der Waals surface area contributed by atoms with E-state index in [0.717, 1.165) is 0 Å². The molecule has 0 radical (unpaired) electrons. The van der Waals surface area contributed by atoms with Crippen LogP contribution in [0.3, 0.4) is 0 Å². The van der Waals surface area contributed by atoms with E-state index in [2.05, 4.69) is 4.98 Å². The normalized spacial score (nSPS) is 20.1. The summed E-state index contributed by atoms with van der Waals surface area (Å²) < 4.78 is 11.6. The van der Waals surface area contributed by atoms with Gasteiger partial charge in [0.1, 0.15) is 11.9 Å². The van der Waals surface area contributed by atoms with Crippen LogP contribution in [0.15, 0.2) is 18.2 Å². The average molecular weight is 291 g/mol. The Morgan fingerprint density at radius 2 is 1.90 bits per heavy atom. The van der Waals surface area contributed by atoms with Gasteiger partial charge in [-0.3, -0.25) is 0 Å². The van der Waals surface area contributed by atoms with Crippen LogP contribution in [0.2, 0.25) is 0 Å². The summed E-state index contributed by atoms with van der Waals surface area (Å²) in [5.74, 6) is 1.39. The summed E-state index contributed by atoms with van der Waals surface area (Å²) in [5, 5.41) is 10.6. The highest BCUT2D eigenvalue weighted by Crippen LogP contribution is 2.37. The minimum Gasteiger partial charge on any atom is -0.400 e. The average Bonchev–Trinajstić information content (AvgIpc) is 2.55. The van der Waals surface area contributed by atoms with Crippen LogP contribution in [0.4, 0.5) is 11.5 Å². The first-order chi connectivity index (χ1) is 9.62. The Hall–Kier alpha value is -1.93. The van der Waals surface area contributed by atoms with Gasteiger partial charge < -0.3 is 25.2 Å². The standard InChI is InChI=1S/C13H18BN3O4/c1-12(2)13(3,4)21-14(20-12)6-5-9-7-10(15)11(16-8-9)17(18)19/h5-8H,15H2,1-4H3/b6-5+. The van der Waals surface area contributed by atoms with Crippen LogP contribution in [0.25, 0.3) is 6.08 Å². The summed E-state index contributed by atoms with van der Waals surface area (Å²) in [5.41, 5.74) is 5.45. The number of hydrogen-bond donors (Lipinski definition) is 1. The fourth-order valence-corrected chi connectivity index (χ4v) is 1.89. The number of nitrogens with zero attached hydrogens (tertiary/aromatic N) is 2. The molecule has 0 aliphatic carbocycles. The second kappa shape index (κ2) is 5.12. The molecule has 1 aliphatic heterocycles. The van der Waals surface area contributed by atoms with Crippen molar-refractivity contribution in [2.75, 3.05) is 5.73 Å². The van der Waals surface area contributed by atoms with E-state index in [4.69, 9.17) is 15.0 Å². The molecule has 0 spiro atoms. The molecule has 8 heteroatoms. The van der Waals surface area contributed by atoms with Gasteiger partial charge in [-0.15, -0.1) is 0 Å². The van der Waals surface area contributed by atoms with E-state index in [1.165, 1.54) is 12.3 Å². The monoisotopic (exact) mass is 291 g/mol. The number of anilines is 1. The third kappa shape index (κ3) is 3.06. The van der Waals surface area contributed by atoms with Crippen molar-refractivity contribution in [3.05, 3.63) is 33.9 Å². The SMILES string of the molecule is CC1(C)OB(/C=C/c2cnc([N+](=O)[O-])c(N)c2)OC1(C)C. The van der Waals surface area contributed by atoms with Crippen molar-refractivity contribution in [1.29, 1.82) is 0 Å². The molecule has 7 nitrogen and oxygen atoms in total. The molecule has 2 heterocycles. The van der Waals surface area contributed by atoms with E-state index in [1.807, 2.05) is 27.7 Å². The van der Waals surface area contributed by atoms with Crippen molar-refractivity contribution in [3.8, 4) is 0 Å². The summed E-state index contributed by atoms with van der Waals surface area (Å²) in [7, 11) is -0.480. The molecular formula is C13H18BN3O4. The zero-order chi connectivity index (χ0) is 15.8. The lowest BCUT2D eigenvalue weighted by Crippen LogP contribution is -2.41. The molecule has 21 heavy (non-hydrogen) atoms. The molecule has 2 rings (SSSR count). The molecule has 1 aromatic rings. The van der Waals surface area contributed by atoms with Gasteiger partial charge in [0.25, 0.3) is 0 Å². The van der Waals surface area contributed by atoms with Crippen molar-refractivity contribution in [1.82, 2.24) is 4.98 Å². The summed E-state index contributed by atoms with van der Waals surface area (Å²) in [6, 6.07) is 1.49. The molecule has 0 unspecified atom stereocenters. The lowest BCUT2D eigenvalue weighted by Gasteiger charge is -2.32. The van der Waals surface area contributed by atoms with Gasteiger partial charge in [-0.25, -0.2) is 0 Å². The fraction of sp³-hybridized carbons (Fsp3) is 0.462. The molecule has 0 saturated carbocycles. The lowest BCUT2D eigenvalue weighted by molar-refractivity contribution is -0.388. The quantitative estimate of drug-likeness (QED) is 0.520. The van der Waals surface area contributed by atoms with Crippen molar-refractivity contribution in [2.24, 2.45) is 0 Å². The minimum atomic E-state index is -0.614. The number of hydrogen-bond acceptors (Lipinski definition) is 6. The number of pyridine rings is 1. The molecule has 112 valence electrons. The van der Waals surface area contributed by atoms with Crippen LogP contribution in [-0.2, 0) is 9.31 Å². The highest BCUT2D eigenvalue weighted by molar-refractivity contribution is 6.52. The molecule has 1 aliphatic rings. The Labute approximate surface area is 123 Å². The zero-order valence-corrected chi connectivity index (χ0v) is 12.5. The van der Waals surface area contributed by atoms with E-state index in [-0.39, 0.29) is 11.5 Å². The predicted molar refractivity (Wildman–Crippen MR) is 80.4 cm³/mol. The third-order valence-corrected chi connectivity index (χ3v) is 3.81. The van der Waals surface area contributed by atoms with Gasteiger partial charge in [0.05, 0.1) is 11.2 Å². The minimum absolute atomic E-state index is 0.0241. The van der Waals surface area contributed by atoms with Crippen molar-refractivity contribution in [2.45, 2.75) is 38.9 Å². The maximum atomic E-state index is 10.6. The van der Waals surface area contributed by atoms with Gasteiger partial charge in [0, 0.05) is 5.56 Å². The second-order valence-corrected chi connectivity index (χ2v) is 5.92. The molecule has 0 bridgehead atoms. The van der Waals surface area contributed by atoms with Crippen molar-refractivity contribution < 1.29 is 14.2 Å². The van der Waals surface area contributed by atoms with Crippen LogP contribution in [0, 0.1) is 10.1 Å². The van der Waals surface area contributed by atoms with E-state index in [1.54, 1.807) is 12.1 Å². The summed E-state index contributed by atoms with van der Waals surface area (Å²) in [6.45, 7) is 7.86. The summed E-state index contributed by atoms with van der Waals surface area (Å²) >= 11 is 0. The van der Waals surface area contributed by atoms with Crippen molar-refractivity contribution >= 4 is 24.7 Å². The first kappa shape index (κ1) is 15.5. The molecule has 1 fully saturated rings. The highest BCUT2D eigenvalue weighted by Gasteiger charge is 2.49. The van der Waals surface area contributed by atoms with E-state index in [9.17, 15) is 10.1 Å². The first-order valence-electron chi connectivity index (χ1n) is 6.56. The topological polar surface area (TPSA) is 101 Å². The highest BCUT2D eigenvalue weighted by atomic mass is 16.7. The van der Waals surface area contributed by atoms with Gasteiger partial charge in [0.2, 0.25) is 0 Å². The Balaban J connectivity index is 2.13. The number of nitrogens with two attached hydrogens (primary N) is 1. The summed E-state index contributed by atoms with van der Waals surface area (Å²) in [4.78, 5) is 13.8. The van der Waals surface area contributed by atoms with Gasteiger partial charge in [-0.2, -0.15) is 0 Å². The molecular weight excluding hydrogens is 273 g/mol. The number of nitrogen functional groups attached to an aromatic ring is 1. The number of rotatable bonds is 3. The second-order valence-electron chi connectivity index (χ2n) is 5.92. The zero-order valence-electron chi connectivity index (χ0n) is 12.5.